The maximum Gasteiger partial charge on any atom is 0.262 e. The second kappa shape index (κ2) is 9.61. The highest BCUT2D eigenvalue weighted by atomic mass is 32.1. The van der Waals surface area contributed by atoms with Crippen LogP contribution in [0.15, 0.2) is 48.8 Å². The lowest BCUT2D eigenvalue weighted by Gasteiger charge is -2.10. The third-order valence-corrected chi connectivity index (χ3v) is 6.21. The van der Waals surface area contributed by atoms with Crippen molar-refractivity contribution in [1.29, 1.82) is 0 Å². The molecule has 0 unspecified atom stereocenters. The van der Waals surface area contributed by atoms with E-state index < -0.39 is 0 Å². The molecule has 3 aromatic rings. The van der Waals surface area contributed by atoms with E-state index in [1.807, 2.05) is 12.1 Å². The van der Waals surface area contributed by atoms with Crippen molar-refractivity contribution in [2.24, 2.45) is 0 Å². The fourth-order valence-electron chi connectivity index (χ4n) is 3.49. The third-order valence-electron chi connectivity index (χ3n) is 5.01. The summed E-state index contributed by atoms with van der Waals surface area (Å²) in [6.45, 7) is 0.233. The summed E-state index contributed by atoms with van der Waals surface area (Å²) in [4.78, 5) is 30.7. The van der Waals surface area contributed by atoms with Gasteiger partial charge in [-0.2, -0.15) is 0 Å². The Morgan fingerprint density at radius 2 is 1.94 bits per heavy atom. The first kappa shape index (κ1) is 20.9. The van der Waals surface area contributed by atoms with Crippen LogP contribution in [0.25, 0.3) is 0 Å². The van der Waals surface area contributed by atoms with E-state index in [2.05, 4.69) is 15.6 Å². The van der Waals surface area contributed by atoms with Gasteiger partial charge in [0.15, 0.2) is 6.61 Å². The lowest BCUT2D eigenvalue weighted by Crippen LogP contribution is -2.26. The molecule has 0 radical (unpaired) electrons. The molecular formula is C23H23N3O4S. The van der Waals surface area contributed by atoms with Crippen molar-refractivity contribution in [1.82, 2.24) is 10.3 Å². The van der Waals surface area contributed by atoms with Gasteiger partial charge in [-0.1, -0.05) is 6.07 Å². The number of aryl methyl sites for hydroxylation is 1. The second-order valence-electron chi connectivity index (χ2n) is 7.12. The number of hydrogen-bond donors (Lipinski definition) is 2. The molecule has 0 saturated heterocycles. The van der Waals surface area contributed by atoms with Crippen LogP contribution in [0.5, 0.6) is 11.5 Å². The minimum atomic E-state index is -0.308. The molecule has 0 saturated carbocycles. The van der Waals surface area contributed by atoms with E-state index in [9.17, 15) is 9.59 Å². The van der Waals surface area contributed by atoms with Crippen LogP contribution in [-0.2, 0) is 24.2 Å². The number of methoxy groups -OCH3 is 1. The van der Waals surface area contributed by atoms with E-state index in [0.717, 1.165) is 35.3 Å². The van der Waals surface area contributed by atoms with Gasteiger partial charge in [0, 0.05) is 23.8 Å². The molecule has 7 nitrogen and oxygen atoms in total. The van der Waals surface area contributed by atoms with E-state index in [1.54, 1.807) is 43.8 Å². The molecule has 0 spiro atoms. The summed E-state index contributed by atoms with van der Waals surface area (Å²) in [5.41, 5.74) is 2.53. The van der Waals surface area contributed by atoms with Crippen molar-refractivity contribution in [2.45, 2.75) is 25.8 Å². The molecule has 1 aromatic carbocycles. The van der Waals surface area contributed by atoms with Crippen LogP contribution in [0.3, 0.4) is 0 Å². The molecule has 1 aliphatic rings. The molecule has 2 aromatic heterocycles. The SMILES string of the molecule is COc1ccc(OCC(=O)Nc2sc3c(c2C(=O)NCc2cccnc2)CCC3)cc1. The predicted octanol–water partition coefficient (Wildman–Crippen LogP) is 3.59. The molecule has 2 heterocycles. The van der Waals surface area contributed by atoms with Crippen LogP contribution >= 0.6 is 11.3 Å². The first-order chi connectivity index (χ1) is 15.1. The van der Waals surface area contributed by atoms with Gasteiger partial charge in [-0.15, -0.1) is 11.3 Å². The number of aromatic nitrogens is 1. The lowest BCUT2D eigenvalue weighted by atomic mass is 10.1. The number of rotatable bonds is 8. The third kappa shape index (κ3) is 5.03. The standard InChI is InChI=1S/C23H23N3O4S/c1-29-16-7-9-17(10-8-16)30-14-20(27)26-23-21(18-5-2-6-19(18)31-23)22(28)25-13-15-4-3-11-24-12-15/h3-4,7-12H,2,5-6,13-14H2,1H3,(H,25,28)(H,26,27). The summed E-state index contributed by atoms with van der Waals surface area (Å²) in [5.74, 6) is 0.789. The van der Waals surface area contributed by atoms with Crippen molar-refractivity contribution < 1.29 is 19.1 Å². The minimum absolute atomic E-state index is 0.147. The number of nitrogens with one attached hydrogen (secondary N) is 2. The zero-order chi connectivity index (χ0) is 21.6. The smallest absolute Gasteiger partial charge is 0.262 e. The van der Waals surface area contributed by atoms with Gasteiger partial charge >= 0.3 is 0 Å². The Morgan fingerprint density at radius 3 is 2.68 bits per heavy atom. The highest BCUT2D eigenvalue weighted by molar-refractivity contribution is 7.17. The number of nitrogens with zero attached hydrogens (tertiary/aromatic N) is 1. The molecular weight excluding hydrogens is 414 g/mol. The lowest BCUT2D eigenvalue weighted by molar-refractivity contribution is -0.118. The van der Waals surface area contributed by atoms with E-state index in [1.165, 1.54) is 11.3 Å². The summed E-state index contributed by atoms with van der Waals surface area (Å²) < 4.78 is 10.7. The molecule has 0 aliphatic heterocycles. The van der Waals surface area contributed by atoms with E-state index in [4.69, 9.17) is 9.47 Å². The Morgan fingerprint density at radius 1 is 1.13 bits per heavy atom. The average molecular weight is 438 g/mol. The summed E-state index contributed by atoms with van der Waals surface area (Å²) >= 11 is 1.48. The second-order valence-corrected chi connectivity index (χ2v) is 8.22. The Hall–Kier alpha value is -3.39. The number of carbonyl (C=O) groups excluding carboxylic acids is 2. The maximum absolute atomic E-state index is 13.0. The number of fused-ring (bicyclic) bond motifs is 1. The summed E-state index contributed by atoms with van der Waals surface area (Å²) in [7, 11) is 1.59. The number of anilines is 1. The van der Waals surface area contributed by atoms with Crippen molar-refractivity contribution in [3.8, 4) is 11.5 Å². The van der Waals surface area contributed by atoms with Gasteiger partial charge < -0.3 is 20.1 Å². The first-order valence-electron chi connectivity index (χ1n) is 10.0. The molecule has 2 N–H and O–H groups in total. The molecule has 4 rings (SSSR count). The number of pyridine rings is 1. The van der Waals surface area contributed by atoms with Crippen LogP contribution in [0.4, 0.5) is 5.00 Å². The molecule has 1 aliphatic carbocycles. The summed E-state index contributed by atoms with van der Waals surface area (Å²) in [5, 5.41) is 6.40. The zero-order valence-corrected chi connectivity index (χ0v) is 18.0. The van der Waals surface area contributed by atoms with E-state index in [-0.39, 0.29) is 18.4 Å². The molecule has 8 heteroatoms. The average Bonchev–Trinajstić information content (AvgIpc) is 3.38. The van der Waals surface area contributed by atoms with Crippen LogP contribution < -0.4 is 20.1 Å². The van der Waals surface area contributed by atoms with Crippen molar-refractivity contribution in [2.75, 3.05) is 19.0 Å². The topological polar surface area (TPSA) is 89.5 Å². The van der Waals surface area contributed by atoms with Gasteiger partial charge in [0.05, 0.1) is 12.7 Å². The largest absolute Gasteiger partial charge is 0.497 e. The van der Waals surface area contributed by atoms with Gasteiger partial charge in [-0.25, -0.2) is 0 Å². The maximum atomic E-state index is 13.0. The molecule has 0 atom stereocenters. The van der Waals surface area contributed by atoms with Crippen molar-refractivity contribution in [3.05, 3.63) is 70.4 Å². The Balaban J connectivity index is 1.41. The number of carbonyl (C=O) groups is 2. The summed E-state index contributed by atoms with van der Waals surface area (Å²) in [6.07, 6.45) is 6.22. The van der Waals surface area contributed by atoms with Crippen molar-refractivity contribution >= 4 is 28.2 Å². The normalized spacial score (nSPS) is 12.2. The van der Waals surface area contributed by atoms with E-state index >= 15 is 0 Å². The molecule has 2 amide bonds. The summed E-state index contributed by atoms with van der Waals surface area (Å²) in [6, 6.07) is 10.7. The number of hydrogen-bond acceptors (Lipinski definition) is 6. The first-order valence-corrected chi connectivity index (χ1v) is 10.8. The van der Waals surface area contributed by atoms with Gasteiger partial charge in [-0.3, -0.25) is 14.6 Å². The van der Waals surface area contributed by atoms with Crippen LogP contribution in [0, 0.1) is 0 Å². The predicted molar refractivity (Wildman–Crippen MR) is 119 cm³/mol. The van der Waals surface area contributed by atoms with Gasteiger partial charge in [0.2, 0.25) is 0 Å². The van der Waals surface area contributed by atoms with Gasteiger partial charge in [-0.05, 0) is 60.7 Å². The molecule has 0 fully saturated rings. The number of thiophene rings is 1. The van der Waals surface area contributed by atoms with Crippen molar-refractivity contribution in [3.63, 3.8) is 0 Å². The van der Waals surface area contributed by atoms with Crippen LogP contribution in [0.2, 0.25) is 0 Å². The molecule has 160 valence electrons. The zero-order valence-electron chi connectivity index (χ0n) is 17.1. The highest BCUT2D eigenvalue weighted by Crippen LogP contribution is 2.39. The van der Waals surface area contributed by atoms with E-state index in [0.29, 0.717) is 28.6 Å². The van der Waals surface area contributed by atoms with Crippen LogP contribution in [0.1, 0.15) is 32.8 Å². The Bertz CT molecular complexity index is 1060. The number of benzene rings is 1. The molecule has 0 bridgehead atoms. The van der Waals surface area contributed by atoms with Crippen LogP contribution in [-0.4, -0.2) is 30.5 Å². The van der Waals surface area contributed by atoms with Gasteiger partial charge in [0.25, 0.3) is 11.8 Å². The minimum Gasteiger partial charge on any atom is -0.497 e. The fraction of sp³-hybridized carbons (Fsp3) is 0.261. The highest BCUT2D eigenvalue weighted by Gasteiger charge is 2.27. The number of ether oxygens (including phenoxy) is 2. The Kier molecular flexibility index (Phi) is 6.47. The van der Waals surface area contributed by atoms with Gasteiger partial charge in [0.1, 0.15) is 16.5 Å². The fourth-order valence-corrected chi connectivity index (χ4v) is 4.79. The Labute approximate surface area is 184 Å². The quantitative estimate of drug-likeness (QED) is 0.562. The molecule has 31 heavy (non-hydrogen) atoms. The monoisotopic (exact) mass is 437 g/mol. The number of amides is 2.